The maximum Gasteiger partial charge on any atom is 0.166 e. The fourth-order valence-electron chi connectivity index (χ4n) is 3.50. The predicted octanol–water partition coefficient (Wildman–Crippen LogP) is 7.84. The molecule has 0 atom stereocenters. The fraction of sp³-hybridized carbons (Fsp3) is 0.708. The largest absolute Gasteiger partial charge is 0.507 e. The highest BCUT2D eigenvalue weighted by Gasteiger charge is 2.09. The average Bonchev–Trinajstić information content (AvgIpc) is 2.65. The summed E-state index contributed by atoms with van der Waals surface area (Å²) in [6.45, 7) is 2.27. The molecule has 0 aliphatic rings. The molecule has 1 N–H and O–H groups in total. The van der Waals surface area contributed by atoms with Crippen molar-refractivity contribution in [3.8, 4) is 5.75 Å². The van der Waals surface area contributed by atoms with Crippen molar-refractivity contribution in [2.45, 2.75) is 110 Å². The van der Waals surface area contributed by atoms with Gasteiger partial charge in [0.2, 0.25) is 0 Å². The SMILES string of the molecule is CCCCCCCCCCCCCCCCCC(=O)c1ccccc1O. The molecule has 0 fully saturated rings. The molecule has 0 saturated heterocycles. The second-order valence-electron chi connectivity index (χ2n) is 7.64. The van der Waals surface area contributed by atoms with E-state index >= 15 is 0 Å². The van der Waals surface area contributed by atoms with E-state index in [0.717, 1.165) is 12.8 Å². The van der Waals surface area contributed by atoms with Crippen LogP contribution in [0.2, 0.25) is 0 Å². The van der Waals surface area contributed by atoms with Gasteiger partial charge in [0.25, 0.3) is 0 Å². The van der Waals surface area contributed by atoms with E-state index in [1.807, 2.05) is 0 Å². The molecule has 0 radical (unpaired) electrons. The molecule has 148 valence electrons. The van der Waals surface area contributed by atoms with Gasteiger partial charge >= 0.3 is 0 Å². The number of para-hydroxylation sites is 1. The summed E-state index contributed by atoms with van der Waals surface area (Å²) in [7, 11) is 0. The molecule has 0 aromatic heterocycles. The molecule has 1 aromatic carbocycles. The number of rotatable bonds is 17. The average molecular weight is 361 g/mol. The highest BCUT2D eigenvalue weighted by Crippen LogP contribution is 2.19. The van der Waals surface area contributed by atoms with Crippen molar-refractivity contribution in [1.29, 1.82) is 0 Å². The smallest absolute Gasteiger partial charge is 0.166 e. The third kappa shape index (κ3) is 11.3. The minimum absolute atomic E-state index is 0.0674. The number of carbonyl (C=O) groups is 1. The lowest BCUT2D eigenvalue weighted by Crippen LogP contribution is -1.99. The third-order valence-electron chi connectivity index (χ3n) is 5.21. The zero-order valence-electron chi connectivity index (χ0n) is 17.0. The number of unbranched alkanes of at least 4 members (excludes halogenated alkanes) is 14. The first-order chi connectivity index (χ1) is 12.8. The van der Waals surface area contributed by atoms with Crippen LogP contribution in [0, 0.1) is 0 Å². The van der Waals surface area contributed by atoms with Crippen molar-refractivity contribution in [2.75, 3.05) is 0 Å². The second-order valence-corrected chi connectivity index (χ2v) is 7.64. The zero-order valence-corrected chi connectivity index (χ0v) is 17.0. The lowest BCUT2D eigenvalue weighted by molar-refractivity contribution is 0.0976. The topological polar surface area (TPSA) is 37.3 Å². The van der Waals surface area contributed by atoms with Crippen LogP contribution in [0.3, 0.4) is 0 Å². The monoisotopic (exact) mass is 360 g/mol. The van der Waals surface area contributed by atoms with Gasteiger partial charge in [0.15, 0.2) is 5.78 Å². The number of hydrogen-bond acceptors (Lipinski definition) is 2. The highest BCUT2D eigenvalue weighted by atomic mass is 16.3. The highest BCUT2D eigenvalue weighted by molar-refractivity contribution is 5.98. The minimum Gasteiger partial charge on any atom is -0.507 e. The van der Waals surface area contributed by atoms with Crippen LogP contribution < -0.4 is 0 Å². The molecule has 0 aliphatic heterocycles. The summed E-state index contributed by atoms with van der Waals surface area (Å²) in [6, 6.07) is 6.85. The van der Waals surface area contributed by atoms with Gasteiger partial charge in [-0.25, -0.2) is 0 Å². The van der Waals surface area contributed by atoms with Gasteiger partial charge in [-0.1, -0.05) is 109 Å². The molecule has 0 aliphatic carbocycles. The molecule has 0 unspecified atom stereocenters. The van der Waals surface area contributed by atoms with Crippen LogP contribution in [0.25, 0.3) is 0 Å². The van der Waals surface area contributed by atoms with Crippen LogP contribution in [-0.4, -0.2) is 10.9 Å². The molecular weight excluding hydrogens is 320 g/mol. The van der Waals surface area contributed by atoms with Crippen molar-refractivity contribution in [3.05, 3.63) is 29.8 Å². The first kappa shape index (κ1) is 22.7. The van der Waals surface area contributed by atoms with Crippen molar-refractivity contribution in [1.82, 2.24) is 0 Å². The normalized spacial score (nSPS) is 11.0. The summed E-state index contributed by atoms with van der Waals surface area (Å²) >= 11 is 0. The number of phenolic OH excluding ortho intramolecular Hbond substituents is 1. The van der Waals surface area contributed by atoms with Crippen LogP contribution in [0.5, 0.6) is 5.75 Å². The van der Waals surface area contributed by atoms with Crippen molar-refractivity contribution in [3.63, 3.8) is 0 Å². The molecule has 1 rings (SSSR count). The standard InChI is InChI=1S/C24H40O2/c1-2-3-4-5-6-7-8-9-10-11-12-13-14-15-16-20-23(25)22-19-17-18-21-24(22)26/h17-19,21,26H,2-16,20H2,1H3. The van der Waals surface area contributed by atoms with Gasteiger partial charge in [0, 0.05) is 6.42 Å². The van der Waals surface area contributed by atoms with Gasteiger partial charge in [-0.05, 0) is 18.6 Å². The lowest BCUT2D eigenvalue weighted by atomic mass is 10.0. The van der Waals surface area contributed by atoms with Crippen LogP contribution in [0.1, 0.15) is 120 Å². The molecule has 0 spiro atoms. The number of phenols is 1. The maximum absolute atomic E-state index is 12.0. The molecule has 0 amide bonds. The Bertz CT molecular complexity index is 467. The van der Waals surface area contributed by atoms with E-state index in [0.29, 0.717) is 12.0 Å². The van der Waals surface area contributed by atoms with E-state index < -0.39 is 0 Å². The van der Waals surface area contributed by atoms with Crippen molar-refractivity contribution in [2.24, 2.45) is 0 Å². The van der Waals surface area contributed by atoms with Crippen LogP contribution in [0.15, 0.2) is 24.3 Å². The van der Waals surface area contributed by atoms with E-state index in [2.05, 4.69) is 6.92 Å². The Morgan fingerprint density at radius 2 is 1.12 bits per heavy atom. The van der Waals surface area contributed by atoms with Gasteiger partial charge in [-0.15, -0.1) is 0 Å². The molecule has 0 saturated carbocycles. The van der Waals surface area contributed by atoms with Gasteiger partial charge in [-0.3, -0.25) is 4.79 Å². The van der Waals surface area contributed by atoms with Crippen molar-refractivity contribution < 1.29 is 9.90 Å². The number of carbonyl (C=O) groups excluding carboxylic acids is 1. The van der Waals surface area contributed by atoms with Gasteiger partial charge in [-0.2, -0.15) is 0 Å². The third-order valence-corrected chi connectivity index (χ3v) is 5.21. The Hall–Kier alpha value is -1.31. The number of ketones is 1. The Kier molecular flexibility index (Phi) is 13.9. The summed E-state index contributed by atoms with van der Waals surface area (Å²) in [6.07, 6.45) is 20.5. The van der Waals surface area contributed by atoms with E-state index in [4.69, 9.17) is 0 Å². The Morgan fingerprint density at radius 3 is 1.58 bits per heavy atom. The van der Waals surface area contributed by atoms with Crippen LogP contribution in [0.4, 0.5) is 0 Å². The molecule has 26 heavy (non-hydrogen) atoms. The summed E-state index contributed by atoms with van der Waals surface area (Å²) in [5.41, 5.74) is 0.470. The zero-order chi connectivity index (χ0) is 18.9. The predicted molar refractivity (Wildman–Crippen MR) is 112 cm³/mol. The summed E-state index contributed by atoms with van der Waals surface area (Å²) in [5.74, 6) is 0.177. The number of benzene rings is 1. The maximum atomic E-state index is 12.0. The molecule has 1 aromatic rings. The molecule has 2 nitrogen and oxygen atoms in total. The molecular formula is C24H40O2. The molecule has 2 heteroatoms. The fourth-order valence-corrected chi connectivity index (χ4v) is 3.50. The summed E-state index contributed by atoms with van der Waals surface area (Å²) in [4.78, 5) is 12.0. The van der Waals surface area contributed by atoms with Gasteiger partial charge in [0.1, 0.15) is 5.75 Å². The Labute approximate surface area is 161 Å². The summed E-state index contributed by atoms with van der Waals surface area (Å²) < 4.78 is 0. The first-order valence-electron chi connectivity index (χ1n) is 11.1. The van der Waals surface area contributed by atoms with E-state index in [9.17, 15) is 9.90 Å². The number of hydrogen-bond donors (Lipinski definition) is 1. The number of Topliss-reactive ketones (excluding diaryl/α,β-unsaturated/α-hetero) is 1. The first-order valence-corrected chi connectivity index (χ1v) is 11.1. The number of aromatic hydroxyl groups is 1. The second kappa shape index (κ2) is 15.9. The quantitative estimate of drug-likeness (QED) is 0.227. The molecule has 0 heterocycles. The van der Waals surface area contributed by atoms with E-state index in [1.165, 1.54) is 83.5 Å². The van der Waals surface area contributed by atoms with Gasteiger partial charge < -0.3 is 5.11 Å². The van der Waals surface area contributed by atoms with Gasteiger partial charge in [0.05, 0.1) is 5.56 Å². The van der Waals surface area contributed by atoms with E-state index in [1.54, 1.807) is 24.3 Å². The lowest BCUT2D eigenvalue weighted by Gasteiger charge is -2.04. The Morgan fingerprint density at radius 1 is 0.692 bits per heavy atom. The summed E-state index contributed by atoms with van der Waals surface area (Å²) in [5, 5.41) is 9.69. The van der Waals surface area contributed by atoms with Crippen molar-refractivity contribution >= 4 is 5.78 Å². The molecule has 0 bridgehead atoms. The minimum atomic E-state index is 0.0674. The van der Waals surface area contributed by atoms with Crippen LogP contribution in [-0.2, 0) is 0 Å². The van der Waals surface area contributed by atoms with E-state index in [-0.39, 0.29) is 11.5 Å². The van der Waals surface area contributed by atoms with Crippen LogP contribution >= 0.6 is 0 Å². The Balaban J connectivity index is 1.84.